The average molecular weight is 412 g/mol. The molecule has 1 aliphatic carbocycles. The number of nitrogens with one attached hydrogen (secondary N) is 2. The molecule has 8 heteroatoms. The average Bonchev–Trinajstić information content (AvgIpc) is 3.14. The lowest BCUT2D eigenvalue weighted by molar-refractivity contribution is -0.115. The molecule has 6 nitrogen and oxygen atoms in total. The number of aryl methyl sites for hydroxylation is 1. The van der Waals surface area contributed by atoms with Gasteiger partial charge in [0.1, 0.15) is 12.1 Å². The van der Waals surface area contributed by atoms with Crippen molar-refractivity contribution in [2.24, 2.45) is 12.5 Å². The summed E-state index contributed by atoms with van der Waals surface area (Å²) >= 11 is 1.59. The predicted molar refractivity (Wildman–Crippen MR) is 112 cm³/mol. The Morgan fingerprint density at radius 2 is 2.14 bits per heavy atom. The van der Waals surface area contributed by atoms with Crippen molar-refractivity contribution in [3.63, 3.8) is 0 Å². The van der Waals surface area contributed by atoms with Crippen LogP contribution in [0.3, 0.4) is 0 Å². The molecule has 1 aromatic carbocycles. The second-order valence-corrected chi connectivity index (χ2v) is 8.57. The van der Waals surface area contributed by atoms with E-state index in [1.54, 1.807) is 28.8 Å². The number of anilines is 1. The van der Waals surface area contributed by atoms with Crippen molar-refractivity contribution in [2.45, 2.75) is 17.7 Å². The Morgan fingerprint density at radius 1 is 1.34 bits per heavy atom. The van der Waals surface area contributed by atoms with E-state index in [1.165, 1.54) is 18.3 Å². The molecule has 0 bridgehead atoms. The molecular weight excluding hydrogens is 389 g/mol. The van der Waals surface area contributed by atoms with Gasteiger partial charge in [0, 0.05) is 50.4 Å². The normalized spacial score (nSPS) is 22.1. The number of hydrogen-bond acceptors (Lipinski definition) is 6. The molecule has 2 aliphatic rings. The van der Waals surface area contributed by atoms with E-state index < -0.39 is 5.41 Å². The van der Waals surface area contributed by atoms with Crippen LogP contribution in [-0.2, 0) is 11.8 Å². The summed E-state index contributed by atoms with van der Waals surface area (Å²) in [5, 5.41) is 15.4. The molecule has 0 radical (unpaired) electrons. The van der Waals surface area contributed by atoms with Gasteiger partial charge in [-0.15, -0.1) is 0 Å². The summed E-state index contributed by atoms with van der Waals surface area (Å²) in [5.41, 5.74) is 2.90. The summed E-state index contributed by atoms with van der Waals surface area (Å²) in [6.07, 6.45) is 9.28. The molecule has 0 saturated heterocycles. The van der Waals surface area contributed by atoms with E-state index in [0.29, 0.717) is 19.4 Å². The van der Waals surface area contributed by atoms with Gasteiger partial charge in [-0.2, -0.15) is 5.10 Å². The summed E-state index contributed by atoms with van der Waals surface area (Å²) in [6, 6.07) is 6.15. The van der Waals surface area contributed by atoms with Gasteiger partial charge in [0.05, 0.1) is 16.5 Å². The van der Waals surface area contributed by atoms with Crippen LogP contribution in [-0.4, -0.2) is 39.7 Å². The fraction of sp³-hybridized carbons (Fsp3) is 0.286. The molecule has 2 aromatic rings. The minimum atomic E-state index is -0.631. The Hall–Kier alpha value is -2.71. The summed E-state index contributed by atoms with van der Waals surface area (Å²) in [6.45, 7) is 1.32. The molecule has 0 amide bonds. The maximum atomic E-state index is 13.2. The number of benzene rings is 1. The third-order valence-electron chi connectivity index (χ3n) is 5.36. The fourth-order valence-corrected chi connectivity index (χ4v) is 4.89. The van der Waals surface area contributed by atoms with E-state index in [4.69, 9.17) is 5.41 Å². The molecule has 0 saturated carbocycles. The number of aromatic nitrogens is 2. The minimum Gasteiger partial charge on any atom is -0.358 e. The van der Waals surface area contributed by atoms with Gasteiger partial charge in [-0.1, -0.05) is 11.6 Å². The van der Waals surface area contributed by atoms with Crippen molar-refractivity contribution in [3.8, 4) is 0 Å². The topological polar surface area (TPSA) is 74.0 Å². The van der Waals surface area contributed by atoms with Crippen LogP contribution in [0.25, 0.3) is 0 Å². The zero-order valence-corrected chi connectivity index (χ0v) is 16.9. The van der Waals surface area contributed by atoms with Crippen LogP contribution in [0.2, 0.25) is 0 Å². The summed E-state index contributed by atoms with van der Waals surface area (Å²) in [5.74, 6) is -0.290. The lowest BCUT2D eigenvalue weighted by Crippen LogP contribution is -2.44. The molecule has 1 unspecified atom stereocenters. The first-order valence-electron chi connectivity index (χ1n) is 9.34. The SMILES string of the molecule is Cn1cc(SN2CC=C3CC(Nc4ccc(F)cc4)=C(C=N)CC3(C=O)C2)cn1. The second kappa shape index (κ2) is 7.96. The van der Waals surface area contributed by atoms with Gasteiger partial charge in [0.15, 0.2) is 0 Å². The second-order valence-electron chi connectivity index (χ2n) is 7.40. The standard InChI is InChI=1S/C21H22FN5OS/c1-26-12-19(11-24-26)29-27-7-6-16-8-20(25-18-4-2-17(22)3-5-18)15(10-23)9-21(16,13-27)14-28/h2-6,10-12,14,23,25H,7-9,13H2,1H3. The molecule has 2 N–H and O–H groups in total. The number of allylic oxidation sites excluding steroid dienone is 2. The van der Waals surface area contributed by atoms with Crippen molar-refractivity contribution in [1.82, 2.24) is 14.1 Å². The molecule has 4 rings (SSSR count). The first-order valence-corrected chi connectivity index (χ1v) is 10.1. The highest BCUT2D eigenvalue weighted by Crippen LogP contribution is 2.46. The van der Waals surface area contributed by atoms with Crippen LogP contribution in [0, 0.1) is 16.6 Å². The number of aldehydes is 1. The van der Waals surface area contributed by atoms with Gasteiger partial charge in [-0.25, -0.2) is 8.70 Å². The summed E-state index contributed by atoms with van der Waals surface area (Å²) in [4.78, 5) is 13.3. The van der Waals surface area contributed by atoms with Gasteiger partial charge in [-0.3, -0.25) is 4.68 Å². The zero-order chi connectivity index (χ0) is 20.4. The molecular formula is C21H22FN5OS. The van der Waals surface area contributed by atoms with Crippen LogP contribution in [0.1, 0.15) is 12.8 Å². The van der Waals surface area contributed by atoms with Crippen LogP contribution >= 0.6 is 11.9 Å². The maximum Gasteiger partial charge on any atom is 0.131 e. The summed E-state index contributed by atoms with van der Waals surface area (Å²) < 4.78 is 17.1. The molecule has 1 atom stereocenters. The van der Waals surface area contributed by atoms with E-state index in [9.17, 15) is 9.18 Å². The minimum absolute atomic E-state index is 0.290. The number of carbonyl (C=O) groups excluding carboxylic acids is 1. The van der Waals surface area contributed by atoms with Gasteiger partial charge in [0.25, 0.3) is 0 Å². The van der Waals surface area contributed by atoms with Crippen LogP contribution < -0.4 is 5.32 Å². The predicted octanol–water partition coefficient (Wildman–Crippen LogP) is 3.80. The van der Waals surface area contributed by atoms with Crippen LogP contribution in [0.15, 0.2) is 64.5 Å². The quantitative estimate of drug-likeness (QED) is 0.327. The van der Waals surface area contributed by atoms with Gasteiger partial charge in [0.2, 0.25) is 0 Å². The zero-order valence-electron chi connectivity index (χ0n) is 16.1. The van der Waals surface area contributed by atoms with Crippen molar-refractivity contribution in [2.75, 3.05) is 18.4 Å². The Kier molecular flexibility index (Phi) is 5.38. The Balaban J connectivity index is 1.56. The highest BCUT2D eigenvalue weighted by molar-refractivity contribution is 7.97. The van der Waals surface area contributed by atoms with Crippen LogP contribution in [0.4, 0.5) is 10.1 Å². The lowest BCUT2D eigenvalue weighted by Gasteiger charge is -2.43. The number of halogens is 1. The summed E-state index contributed by atoms with van der Waals surface area (Å²) in [7, 11) is 1.88. The highest BCUT2D eigenvalue weighted by Gasteiger charge is 2.43. The Labute approximate surface area is 173 Å². The number of fused-ring (bicyclic) bond motifs is 1. The molecule has 150 valence electrons. The van der Waals surface area contributed by atoms with Gasteiger partial charge < -0.3 is 15.5 Å². The molecule has 0 fully saturated rings. The van der Waals surface area contributed by atoms with Gasteiger partial charge in [-0.05, 0) is 48.2 Å². The first kappa shape index (κ1) is 19.6. The number of rotatable bonds is 6. The maximum absolute atomic E-state index is 13.2. The first-order chi connectivity index (χ1) is 14.0. The molecule has 2 heterocycles. The highest BCUT2D eigenvalue weighted by atomic mass is 32.2. The third-order valence-corrected chi connectivity index (χ3v) is 6.31. The van der Waals surface area contributed by atoms with E-state index in [0.717, 1.165) is 40.3 Å². The molecule has 0 spiro atoms. The number of nitrogens with zero attached hydrogens (tertiary/aromatic N) is 3. The smallest absolute Gasteiger partial charge is 0.131 e. The van der Waals surface area contributed by atoms with Gasteiger partial charge >= 0.3 is 0 Å². The number of hydrogen-bond donors (Lipinski definition) is 2. The van der Waals surface area contributed by atoms with Crippen molar-refractivity contribution in [1.29, 1.82) is 5.41 Å². The van der Waals surface area contributed by atoms with E-state index in [2.05, 4.69) is 20.8 Å². The van der Waals surface area contributed by atoms with E-state index >= 15 is 0 Å². The Bertz CT molecular complexity index is 997. The van der Waals surface area contributed by atoms with Crippen molar-refractivity contribution < 1.29 is 9.18 Å². The molecule has 29 heavy (non-hydrogen) atoms. The van der Waals surface area contributed by atoms with E-state index in [-0.39, 0.29) is 5.82 Å². The van der Waals surface area contributed by atoms with E-state index in [1.807, 2.05) is 19.4 Å². The Morgan fingerprint density at radius 3 is 2.79 bits per heavy atom. The lowest BCUT2D eigenvalue weighted by atomic mass is 9.69. The number of carbonyl (C=O) groups is 1. The fourth-order valence-electron chi connectivity index (χ4n) is 3.85. The van der Waals surface area contributed by atoms with Crippen LogP contribution in [0.5, 0.6) is 0 Å². The third kappa shape index (κ3) is 4.04. The van der Waals surface area contributed by atoms with Crippen molar-refractivity contribution >= 4 is 30.1 Å². The molecule has 1 aromatic heterocycles. The van der Waals surface area contributed by atoms with Crippen molar-refractivity contribution in [3.05, 3.63) is 65.4 Å². The molecule has 1 aliphatic heterocycles. The largest absolute Gasteiger partial charge is 0.358 e. The monoisotopic (exact) mass is 411 g/mol.